The summed E-state index contributed by atoms with van der Waals surface area (Å²) < 4.78 is 0. The Hall–Kier alpha value is -1.03. The van der Waals surface area contributed by atoms with Gasteiger partial charge < -0.3 is 5.32 Å². The summed E-state index contributed by atoms with van der Waals surface area (Å²) in [6.45, 7) is 0.880. The second kappa shape index (κ2) is 4.00. The molecule has 14 heavy (non-hydrogen) atoms. The third-order valence-electron chi connectivity index (χ3n) is 2.60. The number of hydrogen-bond acceptors (Lipinski definition) is 3. The summed E-state index contributed by atoms with van der Waals surface area (Å²) in [7, 11) is 0. The minimum absolute atomic E-state index is 0.194. The predicted octanol–water partition coefficient (Wildman–Crippen LogP) is 1.64. The first-order chi connectivity index (χ1) is 6.77. The summed E-state index contributed by atoms with van der Waals surface area (Å²) in [5, 5.41) is 9.30. The van der Waals surface area contributed by atoms with Crippen LogP contribution < -0.4 is 10.9 Å². The molecule has 0 radical (unpaired) electrons. The van der Waals surface area contributed by atoms with E-state index in [0.717, 1.165) is 12.5 Å². The van der Waals surface area contributed by atoms with Crippen LogP contribution in [0.3, 0.4) is 0 Å². The van der Waals surface area contributed by atoms with Crippen LogP contribution >= 0.6 is 11.6 Å². The molecule has 0 spiro atoms. The summed E-state index contributed by atoms with van der Waals surface area (Å²) in [5.74, 6) is 0.727. The number of anilines is 1. The van der Waals surface area contributed by atoms with Gasteiger partial charge in [0.15, 0.2) is 0 Å². The largest absolute Gasteiger partial charge is 0.382 e. The van der Waals surface area contributed by atoms with Gasteiger partial charge in [0.25, 0.3) is 5.56 Å². The molecule has 0 amide bonds. The fraction of sp³-hybridized carbons (Fsp3) is 0.556. The van der Waals surface area contributed by atoms with E-state index in [0.29, 0.717) is 5.69 Å². The Bertz CT molecular complexity index is 373. The van der Waals surface area contributed by atoms with E-state index in [-0.39, 0.29) is 10.6 Å². The first kappa shape index (κ1) is 9.52. The van der Waals surface area contributed by atoms with Gasteiger partial charge in [0, 0.05) is 6.54 Å². The fourth-order valence-electron chi connectivity index (χ4n) is 1.46. The third-order valence-corrected chi connectivity index (χ3v) is 2.98. The summed E-state index contributed by atoms with van der Waals surface area (Å²) in [4.78, 5) is 11.1. The van der Waals surface area contributed by atoms with Crippen LogP contribution in [0, 0.1) is 5.92 Å². The van der Waals surface area contributed by atoms with Crippen molar-refractivity contribution < 1.29 is 0 Å². The van der Waals surface area contributed by atoms with Crippen LogP contribution in [0.15, 0.2) is 11.0 Å². The molecule has 0 saturated heterocycles. The first-order valence-corrected chi connectivity index (χ1v) is 5.12. The van der Waals surface area contributed by atoms with Crippen molar-refractivity contribution in [3.63, 3.8) is 0 Å². The Balaban J connectivity index is 2.01. The second-order valence-corrected chi connectivity index (χ2v) is 3.98. The molecule has 0 bridgehead atoms. The van der Waals surface area contributed by atoms with E-state index in [1.54, 1.807) is 6.20 Å². The summed E-state index contributed by atoms with van der Waals surface area (Å²) in [6.07, 6.45) is 5.39. The van der Waals surface area contributed by atoms with Crippen LogP contribution in [0.2, 0.25) is 5.02 Å². The lowest BCUT2D eigenvalue weighted by molar-refractivity contribution is 0.333. The highest BCUT2D eigenvalue weighted by atomic mass is 35.5. The Morgan fingerprint density at radius 2 is 2.43 bits per heavy atom. The molecule has 2 rings (SSSR count). The molecule has 2 N–H and O–H groups in total. The van der Waals surface area contributed by atoms with Crippen LogP contribution in [-0.4, -0.2) is 16.7 Å². The molecule has 1 aliphatic rings. The smallest absolute Gasteiger partial charge is 0.285 e. The standard InChI is InChI=1S/C9H12ClN3O/c10-8-7(5-12-13-9(8)14)11-4-6-2-1-3-6/h5-6H,1-4H2,(H2,11,13,14). The minimum atomic E-state index is -0.342. The van der Waals surface area contributed by atoms with Gasteiger partial charge in [-0.15, -0.1) is 0 Å². The number of halogens is 1. The molecule has 1 aromatic rings. The van der Waals surface area contributed by atoms with Crippen molar-refractivity contribution in [2.45, 2.75) is 19.3 Å². The van der Waals surface area contributed by atoms with Gasteiger partial charge in [-0.25, -0.2) is 5.10 Å². The molecule has 1 fully saturated rings. The molecule has 1 aromatic heterocycles. The molecule has 1 heterocycles. The van der Waals surface area contributed by atoms with Crippen molar-refractivity contribution in [3.8, 4) is 0 Å². The van der Waals surface area contributed by atoms with Crippen molar-refractivity contribution >= 4 is 17.3 Å². The highest BCUT2D eigenvalue weighted by Crippen LogP contribution is 2.27. The normalized spacial score (nSPS) is 16.4. The maximum absolute atomic E-state index is 11.1. The van der Waals surface area contributed by atoms with Crippen molar-refractivity contribution in [1.82, 2.24) is 10.2 Å². The molecule has 1 aliphatic carbocycles. The highest BCUT2D eigenvalue weighted by Gasteiger charge is 2.17. The monoisotopic (exact) mass is 213 g/mol. The van der Waals surface area contributed by atoms with Crippen LogP contribution in [0.25, 0.3) is 0 Å². The number of nitrogens with one attached hydrogen (secondary N) is 2. The zero-order valence-corrected chi connectivity index (χ0v) is 8.47. The maximum atomic E-state index is 11.1. The van der Waals surface area contributed by atoms with Gasteiger partial charge in [0.2, 0.25) is 0 Å². The summed E-state index contributed by atoms with van der Waals surface area (Å²) in [5.41, 5.74) is 0.285. The van der Waals surface area contributed by atoms with Gasteiger partial charge >= 0.3 is 0 Å². The molecule has 4 nitrogen and oxygen atoms in total. The van der Waals surface area contributed by atoms with Crippen molar-refractivity contribution in [2.24, 2.45) is 5.92 Å². The van der Waals surface area contributed by atoms with E-state index in [2.05, 4.69) is 15.5 Å². The number of rotatable bonds is 3. The van der Waals surface area contributed by atoms with Crippen LogP contribution in [-0.2, 0) is 0 Å². The molecule has 0 aliphatic heterocycles. The maximum Gasteiger partial charge on any atom is 0.285 e. The van der Waals surface area contributed by atoms with E-state index in [4.69, 9.17) is 11.6 Å². The lowest BCUT2D eigenvalue weighted by Gasteiger charge is -2.25. The van der Waals surface area contributed by atoms with Crippen molar-refractivity contribution in [2.75, 3.05) is 11.9 Å². The van der Waals surface area contributed by atoms with Crippen LogP contribution in [0.5, 0.6) is 0 Å². The second-order valence-electron chi connectivity index (χ2n) is 3.60. The van der Waals surface area contributed by atoms with Gasteiger partial charge in [-0.1, -0.05) is 18.0 Å². The number of aromatic amines is 1. The van der Waals surface area contributed by atoms with Gasteiger partial charge in [-0.2, -0.15) is 5.10 Å². The zero-order chi connectivity index (χ0) is 9.97. The number of nitrogens with zero attached hydrogens (tertiary/aromatic N) is 1. The molecule has 1 saturated carbocycles. The Kier molecular flexibility index (Phi) is 2.72. The summed E-state index contributed by atoms with van der Waals surface area (Å²) in [6, 6.07) is 0. The molecule has 0 aromatic carbocycles. The first-order valence-electron chi connectivity index (χ1n) is 4.74. The lowest BCUT2D eigenvalue weighted by Crippen LogP contribution is -2.22. The van der Waals surface area contributed by atoms with E-state index in [1.165, 1.54) is 19.3 Å². The van der Waals surface area contributed by atoms with Gasteiger partial charge in [0.05, 0.1) is 11.9 Å². The van der Waals surface area contributed by atoms with Gasteiger partial charge in [-0.05, 0) is 18.8 Å². The minimum Gasteiger partial charge on any atom is -0.382 e. The average Bonchev–Trinajstić information content (AvgIpc) is 2.09. The van der Waals surface area contributed by atoms with Crippen molar-refractivity contribution in [1.29, 1.82) is 0 Å². The lowest BCUT2D eigenvalue weighted by atomic mass is 9.85. The topological polar surface area (TPSA) is 57.8 Å². The van der Waals surface area contributed by atoms with E-state index < -0.39 is 0 Å². The molecule has 76 valence electrons. The van der Waals surface area contributed by atoms with Crippen LogP contribution in [0.4, 0.5) is 5.69 Å². The highest BCUT2D eigenvalue weighted by molar-refractivity contribution is 6.32. The molecular formula is C9H12ClN3O. The quantitative estimate of drug-likeness (QED) is 0.803. The zero-order valence-electron chi connectivity index (χ0n) is 7.72. The average molecular weight is 214 g/mol. The molecule has 0 atom stereocenters. The summed E-state index contributed by atoms with van der Waals surface area (Å²) >= 11 is 5.79. The molecular weight excluding hydrogens is 202 g/mol. The van der Waals surface area contributed by atoms with Gasteiger partial charge in [-0.3, -0.25) is 4.79 Å². The number of H-pyrrole nitrogens is 1. The Labute approximate surface area is 86.7 Å². The van der Waals surface area contributed by atoms with E-state index in [1.807, 2.05) is 0 Å². The van der Waals surface area contributed by atoms with Gasteiger partial charge in [0.1, 0.15) is 5.02 Å². The molecule has 0 unspecified atom stereocenters. The fourth-order valence-corrected chi connectivity index (χ4v) is 1.62. The Morgan fingerprint density at radius 1 is 1.64 bits per heavy atom. The third kappa shape index (κ3) is 1.90. The SMILES string of the molecule is O=c1[nH]ncc(NCC2CCC2)c1Cl. The van der Waals surface area contributed by atoms with E-state index >= 15 is 0 Å². The Morgan fingerprint density at radius 3 is 3.07 bits per heavy atom. The number of hydrogen-bond donors (Lipinski definition) is 2. The molecule has 5 heteroatoms. The van der Waals surface area contributed by atoms with Crippen LogP contribution in [0.1, 0.15) is 19.3 Å². The van der Waals surface area contributed by atoms with Crippen molar-refractivity contribution in [3.05, 3.63) is 21.6 Å². The number of aromatic nitrogens is 2. The van der Waals surface area contributed by atoms with E-state index in [9.17, 15) is 4.79 Å². The predicted molar refractivity (Wildman–Crippen MR) is 55.7 cm³/mol.